The molecule has 2 aromatic rings. The lowest BCUT2D eigenvalue weighted by Crippen LogP contribution is -2.63. The van der Waals surface area contributed by atoms with Crippen LogP contribution in [0.25, 0.3) is 0 Å². The van der Waals surface area contributed by atoms with E-state index in [1.807, 2.05) is 27.7 Å². The van der Waals surface area contributed by atoms with E-state index >= 15 is 0 Å². The van der Waals surface area contributed by atoms with Gasteiger partial charge in [-0.3, -0.25) is 9.78 Å². The monoisotopic (exact) mass is 977 g/mol. The fourth-order valence-corrected chi connectivity index (χ4v) is 14.1. The van der Waals surface area contributed by atoms with Gasteiger partial charge in [-0.25, -0.2) is 4.98 Å². The van der Waals surface area contributed by atoms with Gasteiger partial charge >= 0.3 is 12.1 Å². The minimum atomic E-state index is -4.78. The topological polar surface area (TPSA) is 116 Å². The molecule has 0 aromatic carbocycles. The Hall–Kier alpha value is -4.21. The van der Waals surface area contributed by atoms with Crippen molar-refractivity contribution in [2.24, 2.45) is 56.7 Å². The summed E-state index contributed by atoms with van der Waals surface area (Å²) in [5.74, 6) is 3.38. The van der Waals surface area contributed by atoms with E-state index in [0.29, 0.717) is 41.5 Å². The van der Waals surface area contributed by atoms with Gasteiger partial charge in [0, 0.05) is 44.4 Å². The quantitative estimate of drug-likeness (QED) is 0.0942. The van der Waals surface area contributed by atoms with Crippen molar-refractivity contribution in [3.8, 4) is 11.5 Å². The molecule has 0 amide bonds. The maximum absolute atomic E-state index is 14.3. The van der Waals surface area contributed by atoms with Crippen LogP contribution in [-0.2, 0) is 9.53 Å². The summed E-state index contributed by atoms with van der Waals surface area (Å²) in [7, 11) is 1.00. The molecule has 8 unspecified atom stereocenters. The minimum Gasteiger partial charge on any atom is -0.506 e. The number of alkyl halides is 3. The van der Waals surface area contributed by atoms with Gasteiger partial charge in [-0.2, -0.15) is 0 Å². The van der Waals surface area contributed by atoms with Crippen molar-refractivity contribution in [3.63, 3.8) is 0 Å². The molecular weight excluding hydrogens is 888 g/mol. The standard InChI is InChI=1S/C50H72F3N2O3.C6H7NO.C2H6.CH4O/c1-13-16-33(28-45(7,8)15-3)57-42-24-26-48(12)39(46(42,9)10)23-25-47(11)36-22-27-49(29-38(56)43(31(4)5)44(49)35(36)19-21-40(47)48)41(17-14-2)55-32(6)37-20-18-34(30-54-37)58-50(51,52)53;1-5-2-3-6(8)4-7-5;2*1-2/h15-16,18,20,30-31,35-36,39-40,42H,3,13-14,17,19,21-29H2,1-2,4-12H3;2-4,8H,1H3;1-2H3;2H,1H3/q+1;;;/b33-16+;;;. The third-order valence-electron chi connectivity index (χ3n) is 17.0. The first kappa shape index (κ1) is 58.4. The molecule has 0 bridgehead atoms. The highest BCUT2D eigenvalue weighted by Gasteiger charge is 2.68. The predicted molar refractivity (Wildman–Crippen MR) is 280 cm³/mol. The molecule has 7 rings (SSSR count). The number of aliphatic hydroxyl groups excluding tert-OH is 1. The van der Waals surface area contributed by atoms with Crippen LogP contribution in [0.4, 0.5) is 13.2 Å². The summed E-state index contributed by atoms with van der Waals surface area (Å²) in [6.07, 6.45) is 15.1. The summed E-state index contributed by atoms with van der Waals surface area (Å²) in [4.78, 5) is 22.5. The Morgan fingerprint density at radius 3 is 2.14 bits per heavy atom. The van der Waals surface area contributed by atoms with Crippen molar-refractivity contribution in [1.82, 2.24) is 14.6 Å². The Kier molecular flexibility index (Phi) is 19.6. The second-order valence-electron chi connectivity index (χ2n) is 22.5. The van der Waals surface area contributed by atoms with Gasteiger partial charge in [0.1, 0.15) is 23.3 Å². The van der Waals surface area contributed by atoms with Crippen LogP contribution >= 0.6 is 0 Å². The fourth-order valence-electron chi connectivity index (χ4n) is 14.1. The van der Waals surface area contributed by atoms with Crippen LogP contribution in [0.1, 0.15) is 185 Å². The summed E-state index contributed by atoms with van der Waals surface area (Å²) in [6, 6.07) is 6.20. The number of allylic oxidation sites excluding steroid dienone is 5. The predicted octanol–water partition coefficient (Wildman–Crippen LogP) is 14.7. The maximum Gasteiger partial charge on any atom is 0.573 e. The molecule has 0 radical (unpaired) electrons. The molecule has 8 atom stereocenters. The molecule has 0 saturated heterocycles. The van der Waals surface area contributed by atoms with Crippen LogP contribution in [0.15, 0.2) is 72.3 Å². The molecule has 70 heavy (non-hydrogen) atoms. The van der Waals surface area contributed by atoms with E-state index in [0.717, 1.165) is 87.4 Å². The molecule has 4 saturated carbocycles. The number of hydrogen-bond donors (Lipinski definition) is 2. The normalized spacial score (nSPS) is 28.9. The van der Waals surface area contributed by atoms with Crippen molar-refractivity contribution in [2.45, 2.75) is 193 Å². The third kappa shape index (κ3) is 12.3. The van der Waals surface area contributed by atoms with E-state index in [1.165, 1.54) is 43.5 Å². The number of carbonyl (C=O) groups is 1. The third-order valence-corrected chi connectivity index (χ3v) is 17.0. The first-order valence-corrected chi connectivity index (χ1v) is 26.3. The molecule has 11 heteroatoms. The van der Waals surface area contributed by atoms with Crippen LogP contribution < -0.4 is 9.40 Å². The van der Waals surface area contributed by atoms with Crippen molar-refractivity contribution in [3.05, 3.63) is 83.7 Å². The number of rotatable bonds is 12. The molecule has 2 heterocycles. The second-order valence-corrected chi connectivity index (χ2v) is 22.5. The smallest absolute Gasteiger partial charge is 0.506 e. The van der Waals surface area contributed by atoms with E-state index in [2.05, 4.69) is 103 Å². The van der Waals surface area contributed by atoms with Crippen molar-refractivity contribution >= 4 is 17.2 Å². The van der Waals surface area contributed by atoms with Gasteiger partial charge < -0.3 is 19.7 Å². The van der Waals surface area contributed by atoms with Gasteiger partial charge in [-0.05, 0) is 158 Å². The summed E-state index contributed by atoms with van der Waals surface area (Å²) < 4.78 is 55.1. The molecule has 0 spiro atoms. The molecule has 5 aliphatic rings. The van der Waals surface area contributed by atoms with E-state index < -0.39 is 11.8 Å². The van der Waals surface area contributed by atoms with E-state index in [-0.39, 0.29) is 51.0 Å². The number of ether oxygens (including phenoxy) is 2. The lowest BCUT2D eigenvalue weighted by molar-refractivity contribution is -0.274. The Morgan fingerprint density at radius 1 is 0.929 bits per heavy atom. The van der Waals surface area contributed by atoms with Crippen LogP contribution in [0.5, 0.6) is 11.5 Å². The van der Waals surface area contributed by atoms with E-state index in [9.17, 15) is 18.0 Å². The number of aromatic nitrogens is 2. The van der Waals surface area contributed by atoms with Gasteiger partial charge in [0.2, 0.25) is 0 Å². The summed E-state index contributed by atoms with van der Waals surface area (Å²) in [6.45, 7) is 35.3. The van der Waals surface area contributed by atoms with E-state index in [4.69, 9.17) is 19.6 Å². The molecule has 5 aliphatic carbocycles. The largest absolute Gasteiger partial charge is 0.573 e. The lowest BCUT2D eigenvalue weighted by atomic mass is 9.36. The van der Waals surface area contributed by atoms with Gasteiger partial charge in [0.25, 0.3) is 5.71 Å². The number of nitrogens with zero attached hydrogens (tertiary/aromatic N) is 3. The number of carbonyl (C=O) groups excluding carboxylic acids is 1. The average Bonchev–Trinajstić information content (AvgIpc) is 3.62. The zero-order chi connectivity index (χ0) is 52.6. The number of aromatic hydroxyl groups is 1. The zero-order valence-electron chi connectivity index (χ0n) is 45.6. The summed E-state index contributed by atoms with van der Waals surface area (Å²) in [5, 5.41) is 15.7. The van der Waals surface area contributed by atoms with Crippen molar-refractivity contribution in [2.75, 3.05) is 7.11 Å². The highest BCUT2D eigenvalue weighted by molar-refractivity contribution is 6.10. The Balaban J connectivity index is 0.000000790. The van der Waals surface area contributed by atoms with Gasteiger partial charge in [0.15, 0.2) is 5.78 Å². The molecule has 2 N–H and O–H groups in total. The first-order chi connectivity index (χ1) is 32.9. The van der Waals surface area contributed by atoms with Crippen molar-refractivity contribution < 1.29 is 37.7 Å². The highest BCUT2D eigenvalue weighted by Crippen LogP contribution is 2.73. The Labute approximate surface area is 419 Å². The van der Waals surface area contributed by atoms with Crippen LogP contribution in [0.3, 0.4) is 0 Å². The lowest BCUT2D eigenvalue weighted by Gasteiger charge is -2.68. The summed E-state index contributed by atoms with van der Waals surface area (Å²) in [5.41, 5.74) is 5.49. The number of aliphatic hydroxyl groups is 1. The van der Waals surface area contributed by atoms with Crippen LogP contribution in [0, 0.1) is 63.6 Å². The molecule has 0 aliphatic heterocycles. The number of pyridine rings is 2. The van der Waals surface area contributed by atoms with Gasteiger partial charge in [-0.15, -0.1) is 19.8 Å². The van der Waals surface area contributed by atoms with Gasteiger partial charge in [-0.1, -0.05) is 93.8 Å². The number of hydrogen-bond acceptors (Lipinski definition) is 7. The van der Waals surface area contributed by atoms with Crippen LogP contribution in [-0.4, -0.2) is 57.0 Å². The molecular formula is C59H89F3N3O5+. The number of Topliss-reactive ketones (excluding diaryl/α,β-unsaturated/α-hetero) is 1. The number of fused-ring (bicyclic) bond motifs is 7. The molecule has 4 fully saturated rings. The molecule has 2 aromatic heterocycles. The SMILES string of the molecule is C=CC(C)(C)C/C(=C\CC)OC1CCC2(C)C(CCC3(C)C4CCC5(C(CCC)=[N+]=C(C)c6ccc(OC(F)(F)F)cn6)CC(=O)C(C(C)C)=C5C4CCC32)C1(C)C.CC.CO.Cc1ccc(O)cn1. The number of ketones is 1. The Morgan fingerprint density at radius 2 is 1.60 bits per heavy atom. The van der Waals surface area contributed by atoms with Crippen LogP contribution in [0.2, 0.25) is 0 Å². The average molecular weight is 977 g/mol. The fraction of sp³-hybridized carbons (Fsp3) is 0.678. The van der Waals surface area contributed by atoms with E-state index in [1.54, 1.807) is 18.2 Å². The molecule has 8 nitrogen and oxygen atoms in total. The second kappa shape index (κ2) is 23.6. The van der Waals surface area contributed by atoms with Gasteiger partial charge in [0.05, 0.1) is 23.6 Å². The Bertz CT molecular complexity index is 2200. The molecule has 390 valence electrons. The minimum absolute atomic E-state index is 0.0199. The number of halogens is 3. The summed E-state index contributed by atoms with van der Waals surface area (Å²) >= 11 is 0. The maximum atomic E-state index is 14.3. The zero-order valence-corrected chi connectivity index (χ0v) is 45.6. The first-order valence-electron chi connectivity index (χ1n) is 26.3. The van der Waals surface area contributed by atoms with Crippen molar-refractivity contribution in [1.29, 1.82) is 0 Å². The highest BCUT2D eigenvalue weighted by atomic mass is 19.4. The number of aryl methyl sites for hydroxylation is 1.